The molecule has 0 saturated heterocycles. The maximum Gasteiger partial charge on any atom is 0.307 e. The zero-order valence-corrected chi connectivity index (χ0v) is 10.7. The molecule has 0 aliphatic rings. The lowest BCUT2D eigenvalue weighted by Gasteiger charge is -2.28. The van der Waals surface area contributed by atoms with Crippen LogP contribution in [0.3, 0.4) is 0 Å². The van der Waals surface area contributed by atoms with E-state index in [9.17, 15) is 9.59 Å². The quantitative estimate of drug-likeness (QED) is 0.482. The Morgan fingerprint density at radius 1 is 1.39 bits per heavy atom. The minimum atomic E-state index is -1.47. The van der Waals surface area contributed by atoms with Gasteiger partial charge in [0.05, 0.1) is 19.8 Å². The monoisotopic (exact) mass is 276 g/mol. The third-order valence-electron chi connectivity index (χ3n) is 2.59. The molecule has 0 aromatic carbocycles. The topological polar surface area (TPSA) is 112 Å². The number of aromatic nitrogens is 1. The number of amides is 1. The van der Waals surface area contributed by atoms with Crippen LogP contribution in [0.15, 0.2) is 10.2 Å². The smallest absolute Gasteiger partial charge is 0.307 e. The molecule has 102 valence electrons. The number of nitrogens with one attached hydrogen (secondary N) is 1. The summed E-state index contributed by atoms with van der Waals surface area (Å²) in [5.41, 5.74) is -0.812. The standard InChI is InChI=1S/C10H16N2O5S/c1-7-3-18-9(17)12(7)2-8(16)11-10(4-13,5-14)6-15/h3,13-15H,2,4-6H2,1H3,(H,11,16). The fraction of sp³-hybridized carbons (Fsp3) is 0.600. The molecular formula is C10H16N2O5S. The molecule has 0 saturated carbocycles. The van der Waals surface area contributed by atoms with E-state index in [0.717, 1.165) is 11.3 Å². The molecule has 1 amide bonds. The Morgan fingerprint density at radius 3 is 2.33 bits per heavy atom. The van der Waals surface area contributed by atoms with Gasteiger partial charge in [0.25, 0.3) is 0 Å². The van der Waals surface area contributed by atoms with Gasteiger partial charge in [-0.05, 0) is 6.92 Å². The van der Waals surface area contributed by atoms with Crippen molar-refractivity contribution in [3.63, 3.8) is 0 Å². The Morgan fingerprint density at radius 2 is 1.94 bits per heavy atom. The van der Waals surface area contributed by atoms with Crippen LogP contribution in [0.1, 0.15) is 5.69 Å². The van der Waals surface area contributed by atoms with Crippen molar-refractivity contribution in [3.8, 4) is 0 Å². The molecule has 0 aliphatic heterocycles. The summed E-state index contributed by atoms with van der Waals surface area (Å²) in [6.07, 6.45) is 0. The van der Waals surface area contributed by atoms with Gasteiger partial charge in [-0.15, -0.1) is 0 Å². The van der Waals surface area contributed by atoms with Gasteiger partial charge in [0, 0.05) is 11.1 Å². The zero-order chi connectivity index (χ0) is 13.8. The van der Waals surface area contributed by atoms with E-state index < -0.39 is 31.3 Å². The third-order valence-corrected chi connectivity index (χ3v) is 3.47. The van der Waals surface area contributed by atoms with E-state index in [0.29, 0.717) is 5.69 Å². The van der Waals surface area contributed by atoms with E-state index in [4.69, 9.17) is 15.3 Å². The molecule has 0 radical (unpaired) electrons. The molecule has 0 unspecified atom stereocenters. The second-order valence-corrected chi connectivity index (χ2v) is 4.85. The van der Waals surface area contributed by atoms with Gasteiger partial charge in [0.2, 0.25) is 5.91 Å². The number of hydrogen-bond donors (Lipinski definition) is 4. The van der Waals surface area contributed by atoms with Gasteiger partial charge in [-0.2, -0.15) is 0 Å². The molecule has 18 heavy (non-hydrogen) atoms. The number of carbonyl (C=O) groups is 1. The van der Waals surface area contributed by atoms with Crippen LogP contribution in [0.5, 0.6) is 0 Å². The van der Waals surface area contributed by atoms with E-state index in [1.807, 2.05) is 0 Å². The maximum absolute atomic E-state index is 11.7. The highest BCUT2D eigenvalue weighted by molar-refractivity contribution is 7.07. The molecule has 4 N–H and O–H groups in total. The summed E-state index contributed by atoms with van der Waals surface area (Å²) in [5, 5.41) is 31.1. The van der Waals surface area contributed by atoms with Crippen molar-refractivity contribution >= 4 is 17.2 Å². The third kappa shape index (κ3) is 3.16. The molecule has 1 aromatic heterocycles. The van der Waals surface area contributed by atoms with Crippen LogP contribution >= 0.6 is 11.3 Å². The van der Waals surface area contributed by atoms with Crippen LogP contribution in [0.4, 0.5) is 0 Å². The molecule has 8 heteroatoms. The normalized spacial score (nSPS) is 11.6. The summed E-state index contributed by atoms with van der Waals surface area (Å²) in [7, 11) is 0. The maximum atomic E-state index is 11.7. The first-order chi connectivity index (χ1) is 8.48. The predicted octanol–water partition coefficient (Wildman–Crippen LogP) is -1.95. The number of rotatable bonds is 6. The molecule has 7 nitrogen and oxygen atoms in total. The lowest BCUT2D eigenvalue weighted by molar-refractivity contribution is -0.126. The van der Waals surface area contributed by atoms with Gasteiger partial charge in [0.1, 0.15) is 12.1 Å². The number of nitrogens with zero attached hydrogens (tertiary/aromatic N) is 1. The van der Waals surface area contributed by atoms with E-state index in [1.54, 1.807) is 12.3 Å². The van der Waals surface area contributed by atoms with Crippen molar-refractivity contribution in [2.24, 2.45) is 0 Å². The Hall–Kier alpha value is -1.22. The van der Waals surface area contributed by atoms with Gasteiger partial charge in [-0.3, -0.25) is 14.2 Å². The lowest BCUT2D eigenvalue weighted by atomic mass is 10.0. The summed E-state index contributed by atoms with van der Waals surface area (Å²) in [4.78, 5) is 22.9. The predicted molar refractivity (Wildman–Crippen MR) is 65.4 cm³/mol. The van der Waals surface area contributed by atoms with Crippen LogP contribution in [0, 0.1) is 6.92 Å². The van der Waals surface area contributed by atoms with E-state index in [1.165, 1.54) is 4.57 Å². The first kappa shape index (κ1) is 14.8. The van der Waals surface area contributed by atoms with Crippen LogP contribution in [-0.4, -0.2) is 51.2 Å². The largest absolute Gasteiger partial charge is 0.394 e. The molecular weight excluding hydrogens is 260 g/mol. The molecule has 0 spiro atoms. The van der Waals surface area contributed by atoms with Gasteiger partial charge in [0.15, 0.2) is 0 Å². The lowest BCUT2D eigenvalue weighted by Crippen LogP contribution is -2.57. The molecule has 1 aromatic rings. The Labute approximate surface area is 107 Å². The van der Waals surface area contributed by atoms with Crippen LogP contribution in [0.25, 0.3) is 0 Å². The van der Waals surface area contributed by atoms with Gasteiger partial charge in [-0.1, -0.05) is 11.3 Å². The van der Waals surface area contributed by atoms with Crippen LogP contribution in [0.2, 0.25) is 0 Å². The van der Waals surface area contributed by atoms with E-state index in [2.05, 4.69) is 5.32 Å². The Bertz CT molecular complexity index is 455. The number of aliphatic hydroxyl groups excluding tert-OH is 3. The van der Waals surface area contributed by atoms with Gasteiger partial charge < -0.3 is 20.6 Å². The van der Waals surface area contributed by atoms with Crippen molar-refractivity contribution in [2.75, 3.05) is 19.8 Å². The fourth-order valence-electron chi connectivity index (χ4n) is 1.34. The summed E-state index contributed by atoms with van der Waals surface area (Å²) in [5.74, 6) is -0.559. The van der Waals surface area contributed by atoms with Crippen molar-refractivity contribution in [1.82, 2.24) is 9.88 Å². The molecule has 0 fully saturated rings. The minimum absolute atomic E-state index is 0.212. The van der Waals surface area contributed by atoms with Crippen molar-refractivity contribution in [1.29, 1.82) is 0 Å². The van der Waals surface area contributed by atoms with Crippen molar-refractivity contribution in [3.05, 3.63) is 20.7 Å². The summed E-state index contributed by atoms with van der Waals surface area (Å²) < 4.78 is 1.27. The van der Waals surface area contributed by atoms with Crippen LogP contribution < -0.4 is 10.2 Å². The van der Waals surface area contributed by atoms with Gasteiger partial charge in [-0.25, -0.2) is 0 Å². The molecule has 1 rings (SSSR count). The highest BCUT2D eigenvalue weighted by Gasteiger charge is 2.30. The first-order valence-corrected chi connectivity index (χ1v) is 6.14. The number of aryl methyl sites for hydroxylation is 1. The molecule has 0 atom stereocenters. The Balaban J connectivity index is 2.76. The summed E-state index contributed by atoms with van der Waals surface area (Å²) in [6.45, 7) is -0.297. The summed E-state index contributed by atoms with van der Waals surface area (Å²) in [6, 6.07) is 0. The number of thiazole rings is 1. The average molecular weight is 276 g/mol. The zero-order valence-electron chi connectivity index (χ0n) is 9.92. The van der Waals surface area contributed by atoms with Gasteiger partial charge >= 0.3 is 4.87 Å². The van der Waals surface area contributed by atoms with E-state index in [-0.39, 0.29) is 11.4 Å². The SMILES string of the molecule is Cc1csc(=O)n1CC(=O)NC(CO)(CO)CO. The highest BCUT2D eigenvalue weighted by Crippen LogP contribution is 2.03. The van der Waals surface area contributed by atoms with E-state index >= 15 is 0 Å². The average Bonchev–Trinajstić information content (AvgIpc) is 2.68. The van der Waals surface area contributed by atoms with Crippen molar-refractivity contribution in [2.45, 2.75) is 19.0 Å². The Kier molecular flexibility index (Phi) is 5.03. The number of hydrogen-bond acceptors (Lipinski definition) is 6. The molecule has 0 aliphatic carbocycles. The summed E-state index contributed by atoms with van der Waals surface area (Å²) >= 11 is 0.988. The number of carbonyl (C=O) groups excluding carboxylic acids is 1. The fourth-order valence-corrected chi connectivity index (χ4v) is 2.08. The number of aliphatic hydroxyl groups is 3. The second-order valence-electron chi connectivity index (χ2n) is 4.03. The first-order valence-electron chi connectivity index (χ1n) is 5.26. The minimum Gasteiger partial charge on any atom is -0.394 e. The van der Waals surface area contributed by atoms with Crippen molar-refractivity contribution < 1.29 is 20.1 Å². The second kappa shape index (κ2) is 6.10. The highest BCUT2D eigenvalue weighted by atomic mass is 32.1. The molecule has 1 heterocycles. The van der Waals surface area contributed by atoms with Crippen LogP contribution in [-0.2, 0) is 11.3 Å². The molecule has 0 bridgehead atoms.